The van der Waals surface area contributed by atoms with Crippen molar-refractivity contribution in [2.45, 2.75) is 26.4 Å². The van der Waals surface area contributed by atoms with Crippen LogP contribution in [0.15, 0.2) is 65.1 Å². The summed E-state index contributed by atoms with van der Waals surface area (Å²) in [5.41, 5.74) is 3.58. The van der Waals surface area contributed by atoms with E-state index in [9.17, 15) is 9.59 Å². The number of nitrogens with zero attached hydrogens (tertiary/aromatic N) is 4. The highest BCUT2D eigenvalue weighted by Crippen LogP contribution is 2.34. The molecule has 2 fully saturated rings. The Morgan fingerprint density at radius 3 is 2.42 bits per heavy atom. The van der Waals surface area contributed by atoms with Gasteiger partial charge in [-0.15, -0.1) is 5.06 Å². The van der Waals surface area contributed by atoms with Crippen molar-refractivity contribution in [2.75, 3.05) is 54.4 Å². The summed E-state index contributed by atoms with van der Waals surface area (Å²) < 4.78 is 10.6. The van der Waals surface area contributed by atoms with E-state index in [2.05, 4.69) is 28.1 Å². The number of piperazine rings is 1. The Morgan fingerprint density at radius 1 is 0.975 bits per heavy atom. The van der Waals surface area contributed by atoms with Gasteiger partial charge in [0.25, 0.3) is 5.91 Å². The van der Waals surface area contributed by atoms with Crippen LogP contribution in [0.25, 0.3) is 0 Å². The maximum Gasteiger partial charge on any atom is 0.528 e. The SMILES string of the molecule is CC1CCN(c2cc(N3CCN(OC(=O)OCc4ccccc4)CC3)ccc2NC(=O)c2ccc(C#N)o2)CC1. The number of carbonyl (C=O) groups is 2. The molecule has 2 saturated heterocycles. The van der Waals surface area contributed by atoms with Crippen LogP contribution in [0.3, 0.4) is 0 Å². The molecule has 0 atom stereocenters. The fourth-order valence-corrected chi connectivity index (χ4v) is 4.92. The molecule has 2 aromatic carbocycles. The van der Waals surface area contributed by atoms with E-state index in [0.717, 1.165) is 42.9 Å². The lowest BCUT2D eigenvalue weighted by Crippen LogP contribution is -2.47. The highest BCUT2D eigenvalue weighted by molar-refractivity contribution is 6.04. The fraction of sp³-hybridized carbons (Fsp3) is 0.367. The van der Waals surface area contributed by atoms with E-state index >= 15 is 0 Å². The molecule has 10 nitrogen and oxygen atoms in total. The highest BCUT2D eigenvalue weighted by Gasteiger charge is 2.25. The van der Waals surface area contributed by atoms with E-state index in [1.807, 2.05) is 48.5 Å². The van der Waals surface area contributed by atoms with Gasteiger partial charge in [0.2, 0.25) is 5.76 Å². The molecule has 10 heteroatoms. The number of furan rings is 1. The van der Waals surface area contributed by atoms with Crippen LogP contribution >= 0.6 is 0 Å². The van der Waals surface area contributed by atoms with Crippen molar-refractivity contribution in [1.29, 1.82) is 5.26 Å². The molecule has 1 N–H and O–H groups in total. The second-order valence-corrected chi connectivity index (χ2v) is 10.1. The van der Waals surface area contributed by atoms with Gasteiger partial charge in [-0.05, 0) is 54.7 Å². The van der Waals surface area contributed by atoms with Crippen LogP contribution in [0.4, 0.5) is 21.9 Å². The predicted octanol–water partition coefficient (Wildman–Crippen LogP) is 5.03. The first-order chi connectivity index (χ1) is 19.5. The minimum absolute atomic E-state index is 0.0947. The van der Waals surface area contributed by atoms with Crippen LogP contribution in [-0.4, -0.2) is 56.4 Å². The number of carbonyl (C=O) groups excluding carboxylic acids is 2. The van der Waals surface area contributed by atoms with Crippen molar-refractivity contribution in [3.05, 3.63) is 77.7 Å². The minimum atomic E-state index is -0.711. The van der Waals surface area contributed by atoms with Crippen molar-refractivity contribution < 1.29 is 23.6 Å². The lowest BCUT2D eigenvalue weighted by Gasteiger charge is -2.37. The third kappa shape index (κ3) is 6.74. The largest absolute Gasteiger partial charge is 0.528 e. The summed E-state index contributed by atoms with van der Waals surface area (Å²) in [6.45, 7) is 6.64. The first-order valence-electron chi connectivity index (χ1n) is 13.6. The molecule has 2 aliphatic heterocycles. The molecule has 0 unspecified atom stereocenters. The Kier molecular flexibility index (Phi) is 8.52. The monoisotopic (exact) mass is 543 g/mol. The first-order valence-corrected chi connectivity index (χ1v) is 13.6. The molecule has 3 heterocycles. The molecule has 0 radical (unpaired) electrons. The molecule has 40 heavy (non-hydrogen) atoms. The highest BCUT2D eigenvalue weighted by atomic mass is 16.8. The van der Waals surface area contributed by atoms with E-state index in [0.29, 0.717) is 37.8 Å². The summed E-state index contributed by atoms with van der Waals surface area (Å²) in [7, 11) is 0. The van der Waals surface area contributed by atoms with Gasteiger partial charge in [0.1, 0.15) is 12.7 Å². The quantitative estimate of drug-likeness (QED) is 0.410. The van der Waals surface area contributed by atoms with Crippen molar-refractivity contribution in [1.82, 2.24) is 5.06 Å². The third-order valence-corrected chi connectivity index (χ3v) is 7.30. The first kappa shape index (κ1) is 27.1. The molecule has 208 valence electrons. The number of anilines is 3. The standard InChI is InChI=1S/C30H33N5O5/c1-22-11-13-34(14-12-22)27-19-24(7-9-26(27)32-29(36)28-10-8-25(20-31)39-28)33-15-17-35(18-16-33)40-30(37)38-21-23-5-3-2-4-6-23/h2-10,19,22H,11-18,21H2,1H3,(H,32,36). The molecule has 0 saturated carbocycles. The van der Waals surface area contributed by atoms with Crippen molar-refractivity contribution in [2.24, 2.45) is 5.92 Å². The second-order valence-electron chi connectivity index (χ2n) is 10.1. The summed E-state index contributed by atoms with van der Waals surface area (Å²) in [4.78, 5) is 35.0. The predicted molar refractivity (Wildman–Crippen MR) is 150 cm³/mol. The number of hydrogen-bond donors (Lipinski definition) is 1. The normalized spacial score (nSPS) is 16.3. The molecule has 3 aromatic rings. The minimum Gasteiger partial charge on any atom is -0.440 e. The number of rotatable bonds is 7. The topological polar surface area (TPSA) is 111 Å². The summed E-state index contributed by atoms with van der Waals surface area (Å²) in [5, 5.41) is 13.6. The number of nitriles is 1. The van der Waals surface area contributed by atoms with E-state index in [1.54, 1.807) is 5.06 Å². The second kappa shape index (κ2) is 12.6. The number of nitrogens with one attached hydrogen (secondary N) is 1. The van der Waals surface area contributed by atoms with Gasteiger partial charge < -0.3 is 29.1 Å². The summed E-state index contributed by atoms with van der Waals surface area (Å²) in [6, 6.07) is 20.4. The van der Waals surface area contributed by atoms with Gasteiger partial charge in [0.15, 0.2) is 5.76 Å². The molecule has 5 rings (SSSR count). The maximum atomic E-state index is 12.9. The number of amides is 1. The number of ether oxygens (including phenoxy) is 1. The number of piperidine rings is 1. The third-order valence-electron chi connectivity index (χ3n) is 7.30. The van der Waals surface area contributed by atoms with Gasteiger partial charge in [0, 0.05) is 31.9 Å². The molecule has 1 aromatic heterocycles. The van der Waals surface area contributed by atoms with Gasteiger partial charge in [-0.25, -0.2) is 4.79 Å². The Labute approximate surface area is 233 Å². The Hall–Kier alpha value is -4.49. The van der Waals surface area contributed by atoms with E-state index in [1.165, 1.54) is 12.1 Å². The Balaban J connectivity index is 1.22. The van der Waals surface area contributed by atoms with Gasteiger partial charge in [0.05, 0.1) is 24.5 Å². The zero-order valence-corrected chi connectivity index (χ0v) is 22.5. The average Bonchev–Trinajstić information content (AvgIpc) is 3.48. The summed E-state index contributed by atoms with van der Waals surface area (Å²) in [6.07, 6.45) is 1.45. The van der Waals surface area contributed by atoms with Crippen LogP contribution in [-0.2, 0) is 16.2 Å². The number of hydroxylamine groups is 2. The van der Waals surface area contributed by atoms with Crippen molar-refractivity contribution >= 4 is 29.1 Å². The molecule has 0 aliphatic carbocycles. The van der Waals surface area contributed by atoms with Crippen LogP contribution in [0, 0.1) is 17.2 Å². The lowest BCUT2D eigenvalue weighted by molar-refractivity contribution is -0.131. The van der Waals surface area contributed by atoms with Gasteiger partial charge >= 0.3 is 6.16 Å². The van der Waals surface area contributed by atoms with Crippen LogP contribution in [0.5, 0.6) is 0 Å². The van der Waals surface area contributed by atoms with E-state index < -0.39 is 12.1 Å². The molecule has 1 amide bonds. The number of hydrogen-bond acceptors (Lipinski definition) is 9. The fourth-order valence-electron chi connectivity index (χ4n) is 4.92. The molecule has 0 spiro atoms. The van der Waals surface area contributed by atoms with Gasteiger partial charge in [-0.1, -0.05) is 37.3 Å². The van der Waals surface area contributed by atoms with Crippen LogP contribution < -0.4 is 15.1 Å². The maximum absolute atomic E-state index is 12.9. The van der Waals surface area contributed by atoms with Crippen molar-refractivity contribution in [3.8, 4) is 6.07 Å². The van der Waals surface area contributed by atoms with E-state index in [-0.39, 0.29) is 18.1 Å². The zero-order chi connectivity index (χ0) is 27.9. The average molecular weight is 544 g/mol. The van der Waals surface area contributed by atoms with Gasteiger partial charge in [-0.2, -0.15) is 5.26 Å². The molecular weight excluding hydrogens is 510 g/mol. The van der Waals surface area contributed by atoms with E-state index in [4.69, 9.17) is 19.3 Å². The van der Waals surface area contributed by atoms with Crippen LogP contribution in [0.2, 0.25) is 0 Å². The zero-order valence-electron chi connectivity index (χ0n) is 22.5. The molecule has 0 bridgehead atoms. The summed E-state index contributed by atoms with van der Waals surface area (Å²) >= 11 is 0. The van der Waals surface area contributed by atoms with Crippen molar-refractivity contribution in [3.63, 3.8) is 0 Å². The Morgan fingerprint density at radius 2 is 1.73 bits per heavy atom. The van der Waals surface area contributed by atoms with Gasteiger partial charge in [-0.3, -0.25) is 4.79 Å². The molecular formula is C30H33N5O5. The smallest absolute Gasteiger partial charge is 0.440 e. The molecule has 2 aliphatic rings. The lowest BCUT2D eigenvalue weighted by atomic mass is 9.98. The number of benzene rings is 2. The van der Waals surface area contributed by atoms with Crippen LogP contribution in [0.1, 0.15) is 41.6 Å². The Bertz CT molecular complexity index is 1350. The summed E-state index contributed by atoms with van der Waals surface area (Å²) in [5.74, 6) is 0.457.